The number of hydrogen-bond acceptors (Lipinski definition) is 3. The summed E-state index contributed by atoms with van der Waals surface area (Å²) in [5.74, 6) is -1.17. The van der Waals surface area contributed by atoms with Crippen molar-refractivity contribution < 1.29 is 9.90 Å². The third-order valence-corrected chi connectivity index (χ3v) is 2.39. The van der Waals surface area contributed by atoms with Crippen LogP contribution in [0.1, 0.15) is 10.4 Å². The van der Waals surface area contributed by atoms with Crippen molar-refractivity contribution in [1.82, 2.24) is 0 Å². The Labute approximate surface area is 93.1 Å². The van der Waals surface area contributed by atoms with Crippen LogP contribution in [-0.2, 0) is 0 Å². The van der Waals surface area contributed by atoms with Crippen LogP contribution in [0, 0.1) is 0 Å². The van der Waals surface area contributed by atoms with Gasteiger partial charge in [-0.3, -0.25) is 0 Å². The molecule has 0 aliphatic heterocycles. The second kappa shape index (κ2) is 4.06. The number of carboxylic acid groups (broad SMARTS) is 1. The highest BCUT2D eigenvalue weighted by Crippen LogP contribution is 2.25. The molecule has 0 atom stereocenters. The number of benzene rings is 2. The lowest BCUT2D eigenvalue weighted by Crippen LogP contribution is -2.21. The largest absolute Gasteiger partial charge is 0.545 e. The molecule has 0 fully saturated rings. The lowest BCUT2D eigenvalue weighted by Gasteiger charge is -2.07. The molecule has 0 aromatic heterocycles. The molecule has 0 spiro atoms. The molecule has 80 valence electrons. The number of carbonyl (C=O) groups is 1. The van der Waals surface area contributed by atoms with E-state index in [1.807, 2.05) is 24.3 Å². The third-order valence-electron chi connectivity index (χ3n) is 2.39. The quantitative estimate of drug-likeness (QED) is 0.763. The van der Waals surface area contributed by atoms with Gasteiger partial charge in [-0.25, -0.2) is 0 Å². The molecule has 0 unspecified atom stereocenters. The van der Waals surface area contributed by atoms with E-state index in [-0.39, 0.29) is 5.56 Å². The number of nitrogens with two attached hydrogens (primary N) is 1. The summed E-state index contributed by atoms with van der Waals surface area (Å²) in [6.07, 6.45) is 0. The van der Waals surface area contributed by atoms with E-state index in [0.717, 1.165) is 11.1 Å². The highest BCUT2D eigenvalue weighted by Gasteiger charge is 2.01. The second-order valence-electron chi connectivity index (χ2n) is 3.45. The first-order valence-corrected chi connectivity index (χ1v) is 4.85. The first-order chi connectivity index (χ1) is 7.68. The maximum atomic E-state index is 10.6. The lowest BCUT2D eigenvalue weighted by atomic mass is 10.0. The molecule has 2 N–H and O–H groups in total. The Morgan fingerprint density at radius 2 is 1.62 bits per heavy atom. The molecule has 0 aliphatic carbocycles. The van der Waals surface area contributed by atoms with E-state index < -0.39 is 5.97 Å². The maximum Gasteiger partial charge on any atom is 0.0715 e. The molecule has 2 rings (SSSR count). The van der Waals surface area contributed by atoms with Crippen molar-refractivity contribution in [1.29, 1.82) is 0 Å². The highest BCUT2D eigenvalue weighted by atomic mass is 16.4. The van der Waals surface area contributed by atoms with Gasteiger partial charge < -0.3 is 15.6 Å². The number of anilines is 1. The Kier molecular flexibility index (Phi) is 2.60. The molecular weight excluding hydrogens is 202 g/mol. The van der Waals surface area contributed by atoms with E-state index in [0.29, 0.717) is 5.69 Å². The normalized spacial score (nSPS) is 10.0. The average molecular weight is 212 g/mol. The Bertz CT molecular complexity index is 518. The Morgan fingerprint density at radius 3 is 2.19 bits per heavy atom. The Hall–Kier alpha value is -2.29. The number of rotatable bonds is 2. The fourth-order valence-electron chi connectivity index (χ4n) is 1.55. The summed E-state index contributed by atoms with van der Waals surface area (Å²) in [6, 6.07) is 13.9. The van der Waals surface area contributed by atoms with Crippen molar-refractivity contribution in [3.05, 3.63) is 54.1 Å². The molecule has 0 aliphatic rings. The average Bonchev–Trinajstić information content (AvgIpc) is 2.30. The Morgan fingerprint density at radius 1 is 1.00 bits per heavy atom. The number of aromatic carboxylic acids is 1. The zero-order chi connectivity index (χ0) is 11.5. The smallest absolute Gasteiger partial charge is 0.0715 e. The summed E-state index contributed by atoms with van der Waals surface area (Å²) < 4.78 is 0. The van der Waals surface area contributed by atoms with Gasteiger partial charge in [0.1, 0.15) is 0 Å². The first-order valence-electron chi connectivity index (χ1n) is 4.85. The van der Waals surface area contributed by atoms with Crippen molar-refractivity contribution in [2.24, 2.45) is 0 Å². The number of nitrogen functional groups attached to an aromatic ring is 1. The molecule has 0 amide bonds. The minimum absolute atomic E-state index is 0.165. The lowest BCUT2D eigenvalue weighted by molar-refractivity contribution is -0.255. The molecule has 0 saturated heterocycles. The topological polar surface area (TPSA) is 66.2 Å². The van der Waals surface area contributed by atoms with Gasteiger partial charge in [0.2, 0.25) is 0 Å². The van der Waals surface area contributed by atoms with Crippen LogP contribution < -0.4 is 10.8 Å². The zero-order valence-electron chi connectivity index (χ0n) is 8.51. The number of carboxylic acids is 1. The summed E-state index contributed by atoms with van der Waals surface area (Å²) >= 11 is 0. The molecule has 2 aromatic rings. The van der Waals surface area contributed by atoms with E-state index in [9.17, 15) is 9.90 Å². The summed E-state index contributed by atoms with van der Waals surface area (Å²) in [7, 11) is 0. The standard InChI is InChI=1S/C13H11NO2/c14-12-4-2-1-3-11(12)9-5-7-10(8-6-9)13(15)16/h1-8H,14H2,(H,15,16)/p-1. The van der Waals surface area contributed by atoms with E-state index in [4.69, 9.17) is 5.73 Å². The number of para-hydroxylation sites is 1. The van der Waals surface area contributed by atoms with Crippen LogP contribution >= 0.6 is 0 Å². The second-order valence-corrected chi connectivity index (χ2v) is 3.45. The SMILES string of the molecule is Nc1ccccc1-c1ccc(C(=O)[O-])cc1. The highest BCUT2D eigenvalue weighted by molar-refractivity contribution is 5.87. The molecule has 3 nitrogen and oxygen atoms in total. The van der Waals surface area contributed by atoms with E-state index in [1.54, 1.807) is 12.1 Å². The first kappa shape index (κ1) is 10.2. The van der Waals surface area contributed by atoms with Gasteiger partial charge in [0.05, 0.1) is 5.97 Å². The molecular formula is C13H10NO2-. The predicted octanol–water partition coefficient (Wildman–Crippen LogP) is 1.30. The van der Waals surface area contributed by atoms with E-state index in [2.05, 4.69) is 0 Å². The molecule has 16 heavy (non-hydrogen) atoms. The monoisotopic (exact) mass is 212 g/mol. The van der Waals surface area contributed by atoms with Gasteiger partial charge in [-0.15, -0.1) is 0 Å². The van der Waals surface area contributed by atoms with Crippen molar-refractivity contribution in [3.63, 3.8) is 0 Å². The molecule has 0 saturated carbocycles. The predicted molar refractivity (Wildman–Crippen MR) is 60.6 cm³/mol. The van der Waals surface area contributed by atoms with Crippen LogP contribution in [0.5, 0.6) is 0 Å². The van der Waals surface area contributed by atoms with Gasteiger partial charge in [-0.05, 0) is 17.2 Å². The van der Waals surface area contributed by atoms with Gasteiger partial charge in [0, 0.05) is 11.3 Å². The van der Waals surface area contributed by atoms with Crippen LogP contribution in [0.25, 0.3) is 11.1 Å². The van der Waals surface area contributed by atoms with Gasteiger partial charge in [0.25, 0.3) is 0 Å². The Balaban J connectivity index is 2.43. The molecule has 0 bridgehead atoms. The molecule has 0 radical (unpaired) electrons. The summed E-state index contributed by atoms with van der Waals surface area (Å²) in [5.41, 5.74) is 8.44. The minimum Gasteiger partial charge on any atom is -0.545 e. The number of carbonyl (C=O) groups excluding carboxylic acids is 1. The third kappa shape index (κ3) is 1.88. The maximum absolute atomic E-state index is 10.6. The minimum atomic E-state index is -1.17. The van der Waals surface area contributed by atoms with Gasteiger partial charge >= 0.3 is 0 Å². The van der Waals surface area contributed by atoms with Crippen LogP contribution in [0.15, 0.2) is 48.5 Å². The van der Waals surface area contributed by atoms with Gasteiger partial charge in [0.15, 0.2) is 0 Å². The van der Waals surface area contributed by atoms with Crippen LogP contribution in [0.3, 0.4) is 0 Å². The summed E-state index contributed by atoms with van der Waals surface area (Å²) in [6.45, 7) is 0. The molecule has 2 aromatic carbocycles. The fraction of sp³-hybridized carbons (Fsp3) is 0. The zero-order valence-corrected chi connectivity index (χ0v) is 8.51. The van der Waals surface area contributed by atoms with Crippen molar-refractivity contribution in [2.75, 3.05) is 5.73 Å². The molecule has 0 heterocycles. The van der Waals surface area contributed by atoms with Gasteiger partial charge in [-0.1, -0.05) is 42.5 Å². The van der Waals surface area contributed by atoms with Crippen LogP contribution in [0.2, 0.25) is 0 Å². The van der Waals surface area contributed by atoms with E-state index in [1.165, 1.54) is 12.1 Å². The van der Waals surface area contributed by atoms with Crippen molar-refractivity contribution in [3.8, 4) is 11.1 Å². The van der Waals surface area contributed by atoms with Gasteiger partial charge in [-0.2, -0.15) is 0 Å². The van der Waals surface area contributed by atoms with E-state index >= 15 is 0 Å². The summed E-state index contributed by atoms with van der Waals surface area (Å²) in [4.78, 5) is 10.6. The summed E-state index contributed by atoms with van der Waals surface area (Å²) in [5, 5.41) is 10.6. The van der Waals surface area contributed by atoms with Crippen LogP contribution in [-0.4, -0.2) is 5.97 Å². The van der Waals surface area contributed by atoms with Crippen LogP contribution in [0.4, 0.5) is 5.69 Å². The fourth-order valence-corrected chi connectivity index (χ4v) is 1.55. The molecule has 3 heteroatoms. The van der Waals surface area contributed by atoms with Crippen molar-refractivity contribution in [2.45, 2.75) is 0 Å². The van der Waals surface area contributed by atoms with Crippen molar-refractivity contribution >= 4 is 11.7 Å². The number of hydrogen-bond donors (Lipinski definition) is 1.